The molecular formula is C68H132N2O7P+. The first-order valence-electron chi connectivity index (χ1n) is 33.8. The summed E-state index contributed by atoms with van der Waals surface area (Å²) in [7, 11) is 1.51. The molecule has 0 saturated heterocycles. The first kappa shape index (κ1) is 76.2. The van der Waals surface area contributed by atoms with Gasteiger partial charge in [-0.2, -0.15) is 0 Å². The Bertz CT molecular complexity index is 1430. The average Bonchev–Trinajstić information content (AvgIpc) is 3.40. The molecule has 0 saturated carbocycles. The zero-order chi connectivity index (χ0) is 57.2. The molecule has 0 aliphatic rings. The number of rotatable bonds is 62. The van der Waals surface area contributed by atoms with Crippen molar-refractivity contribution in [3.63, 3.8) is 0 Å². The Labute approximate surface area is 485 Å². The van der Waals surface area contributed by atoms with Crippen molar-refractivity contribution in [1.29, 1.82) is 0 Å². The number of hydrogen-bond donors (Lipinski definition) is 2. The van der Waals surface area contributed by atoms with Crippen LogP contribution in [0.2, 0.25) is 0 Å². The van der Waals surface area contributed by atoms with Gasteiger partial charge in [-0.1, -0.05) is 295 Å². The van der Waals surface area contributed by atoms with Crippen LogP contribution in [0, 0.1) is 0 Å². The number of nitrogens with zero attached hydrogens (tertiary/aromatic N) is 1. The summed E-state index contributed by atoms with van der Waals surface area (Å²) in [6.07, 6.45) is 71.5. The van der Waals surface area contributed by atoms with Gasteiger partial charge in [0.05, 0.1) is 33.8 Å². The zero-order valence-corrected chi connectivity index (χ0v) is 53.6. The van der Waals surface area contributed by atoms with Gasteiger partial charge in [-0.3, -0.25) is 18.6 Å². The molecule has 10 heteroatoms. The van der Waals surface area contributed by atoms with E-state index in [1.165, 1.54) is 238 Å². The molecule has 0 rings (SSSR count). The number of amides is 1. The first-order valence-corrected chi connectivity index (χ1v) is 35.3. The predicted molar refractivity (Wildman–Crippen MR) is 337 cm³/mol. The number of esters is 1. The quantitative estimate of drug-likeness (QED) is 0.0205. The zero-order valence-electron chi connectivity index (χ0n) is 52.7. The van der Waals surface area contributed by atoms with Crippen LogP contribution >= 0.6 is 7.82 Å². The van der Waals surface area contributed by atoms with E-state index >= 15 is 0 Å². The highest BCUT2D eigenvalue weighted by Gasteiger charge is 2.30. The number of phosphoric acid groups is 1. The number of nitrogens with one attached hydrogen (secondary N) is 1. The van der Waals surface area contributed by atoms with Crippen molar-refractivity contribution < 1.29 is 37.3 Å². The molecule has 0 spiro atoms. The molecule has 3 unspecified atom stereocenters. The topological polar surface area (TPSA) is 111 Å². The van der Waals surface area contributed by atoms with Crippen LogP contribution in [0.25, 0.3) is 0 Å². The molecule has 1 amide bonds. The summed E-state index contributed by atoms with van der Waals surface area (Å²) in [6, 6.07) is -0.843. The summed E-state index contributed by atoms with van der Waals surface area (Å²) < 4.78 is 30.8. The summed E-state index contributed by atoms with van der Waals surface area (Å²) in [5, 5.41) is 3.07. The summed E-state index contributed by atoms with van der Waals surface area (Å²) in [6.45, 7) is 7.04. The molecule has 78 heavy (non-hydrogen) atoms. The molecule has 9 nitrogen and oxygen atoms in total. The molecule has 0 heterocycles. The SMILES string of the molecule is CCCCC/C=C\C/C=C\CCCCCCCCCCCCCCCCCC(=O)OC(/C=C/CCCCCCCCCCCC)C(COP(=O)(O)OCC[N+](C)(C)C)NC(=O)CCCCCCCCCCCCCCCCC. The van der Waals surface area contributed by atoms with Crippen LogP contribution in [0.5, 0.6) is 0 Å². The smallest absolute Gasteiger partial charge is 0.456 e. The minimum Gasteiger partial charge on any atom is -0.456 e. The Kier molecular flexibility index (Phi) is 57.1. The average molecular weight is 1120 g/mol. The van der Waals surface area contributed by atoms with Crippen molar-refractivity contribution in [2.24, 2.45) is 0 Å². The lowest BCUT2D eigenvalue weighted by molar-refractivity contribution is -0.870. The number of allylic oxidation sites excluding steroid dienone is 5. The summed E-state index contributed by atoms with van der Waals surface area (Å²) in [5.41, 5.74) is 0. The van der Waals surface area contributed by atoms with Gasteiger partial charge < -0.3 is 19.4 Å². The van der Waals surface area contributed by atoms with E-state index < -0.39 is 20.0 Å². The summed E-state index contributed by atoms with van der Waals surface area (Å²) in [5.74, 6) is -0.487. The molecular weight excluding hydrogens is 988 g/mol. The van der Waals surface area contributed by atoms with E-state index in [0.29, 0.717) is 23.9 Å². The van der Waals surface area contributed by atoms with Gasteiger partial charge in [0.2, 0.25) is 5.91 Å². The highest BCUT2D eigenvalue weighted by atomic mass is 31.2. The third-order valence-corrected chi connectivity index (χ3v) is 16.3. The number of hydrogen-bond acceptors (Lipinski definition) is 6. The Morgan fingerprint density at radius 1 is 0.449 bits per heavy atom. The number of likely N-dealkylation sites (N-methyl/N-ethyl adjacent to an activating group) is 1. The standard InChI is InChI=1S/C68H131N2O7P/c1-7-10-13-16-19-22-25-28-30-31-32-33-34-35-36-37-38-39-41-43-46-49-52-55-58-61-68(72)77-66(59-56-53-50-47-44-27-24-21-18-15-12-9-3)65(64-76-78(73,74)75-63-62-70(4,5)6)69-67(71)60-57-54-51-48-45-42-40-29-26-23-20-17-14-11-8-2/h19,22,28,30,56,59,65-66H,7-18,20-21,23-27,29,31-55,57-58,60-64H2,1-6H3,(H-,69,71,73,74)/p+1/b22-19-,30-28-,59-56+. The van der Waals surface area contributed by atoms with Crippen molar-refractivity contribution in [3.05, 3.63) is 36.5 Å². The van der Waals surface area contributed by atoms with Crippen molar-refractivity contribution in [1.82, 2.24) is 5.32 Å². The molecule has 3 atom stereocenters. The van der Waals surface area contributed by atoms with Gasteiger partial charge in [-0.15, -0.1) is 0 Å². The normalized spacial score (nSPS) is 13.8. The van der Waals surface area contributed by atoms with Crippen molar-refractivity contribution in [2.45, 2.75) is 348 Å². The fourth-order valence-electron chi connectivity index (χ4n) is 10.1. The molecule has 0 fully saturated rings. The Morgan fingerprint density at radius 3 is 1.18 bits per heavy atom. The van der Waals surface area contributed by atoms with Crippen LogP contribution < -0.4 is 5.32 Å². The largest absolute Gasteiger partial charge is 0.472 e. The predicted octanol–water partition coefficient (Wildman–Crippen LogP) is 21.1. The van der Waals surface area contributed by atoms with E-state index in [1.807, 2.05) is 33.3 Å². The molecule has 0 aliphatic heterocycles. The van der Waals surface area contributed by atoms with E-state index in [2.05, 4.69) is 50.4 Å². The van der Waals surface area contributed by atoms with Crippen molar-refractivity contribution >= 4 is 19.7 Å². The van der Waals surface area contributed by atoms with Gasteiger partial charge in [0.15, 0.2) is 0 Å². The van der Waals surface area contributed by atoms with E-state index in [9.17, 15) is 19.0 Å². The van der Waals surface area contributed by atoms with Crippen molar-refractivity contribution in [3.8, 4) is 0 Å². The van der Waals surface area contributed by atoms with Crippen LogP contribution in [-0.4, -0.2) is 74.3 Å². The van der Waals surface area contributed by atoms with Crippen LogP contribution in [0.4, 0.5) is 0 Å². The van der Waals surface area contributed by atoms with Crippen molar-refractivity contribution in [2.75, 3.05) is 40.9 Å². The van der Waals surface area contributed by atoms with E-state index in [0.717, 1.165) is 64.2 Å². The Balaban J connectivity index is 5.04. The van der Waals surface area contributed by atoms with Crippen LogP contribution in [-0.2, 0) is 27.9 Å². The summed E-state index contributed by atoms with van der Waals surface area (Å²) >= 11 is 0. The molecule has 2 N–H and O–H groups in total. The van der Waals surface area contributed by atoms with Gasteiger partial charge in [0.1, 0.15) is 19.3 Å². The van der Waals surface area contributed by atoms with Crippen LogP contribution in [0.1, 0.15) is 335 Å². The molecule has 460 valence electrons. The number of quaternary nitrogens is 1. The molecule has 0 aromatic carbocycles. The van der Waals surface area contributed by atoms with Crippen LogP contribution in [0.15, 0.2) is 36.5 Å². The van der Waals surface area contributed by atoms with Gasteiger partial charge in [-0.25, -0.2) is 4.57 Å². The van der Waals surface area contributed by atoms with Gasteiger partial charge in [-0.05, 0) is 63.9 Å². The number of phosphoric ester groups is 1. The molecule has 0 radical (unpaired) electrons. The molecule has 0 aromatic heterocycles. The lowest BCUT2D eigenvalue weighted by Gasteiger charge is -2.27. The van der Waals surface area contributed by atoms with Crippen LogP contribution in [0.3, 0.4) is 0 Å². The number of unbranched alkanes of at least 4 members (excludes halogenated alkanes) is 42. The maximum absolute atomic E-state index is 13.6. The first-order chi connectivity index (χ1) is 37.9. The second-order valence-corrected chi connectivity index (χ2v) is 25.8. The van der Waals surface area contributed by atoms with Gasteiger partial charge >= 0.3 is 13.8 Å². The second kappa shape index (κ2) is 58.4. The van der Waals surface area contributed by atoms with Gasteiger partial charge in [0, 0.05) is 12.8 Å². The second-order valence-electron chi connectivity index (χ2n) is 24.4. The highest BCUT2D eigenvalue weighted by Crippen LogP contribution is 2.43. The van der Waals surface area contributed by atoms with E-state index in [4.69, 9.17) is 13.8 Å². The van der Waals surface area contributed by atoms with E-state index in [1.54, 1.807) is 0 Å². The monoisotopic (exact) mass is 1120 g/mol. The minimum atomic E-state index is -4.44. The summed E-state index contributed by atoms with van der Waals surface area (Å²) in [4.78, 5) is 37.8. The molecule has 0 aromatic rings. The number of carbonyl (C=O) groups is 2. The molecule has 0 bridgehead atoms. The number of ether oxygens (including phenoxy) is 1. The Hall–Kier alpha value is -1.77. The minimum absolute atomic E-state index is 0.0435. The van der Waals surface area contributed by atoms with Gasteiger partial charge in [0.25, 0.3) is 0 Å². The van der Waals surface area contributed by atoms with E-state index in [-0.39, 0.29) is 25.1 Å². The maximum atomic E-state index is 13.6. The maximum Gasteiger partial charge on any atom is 0.472 e. The highest BCUT2D eigenvalue weighted by molar-refractivity contribution is 7.47. The third-order valence-electron chi connectivity index (χ3n) is 15.3. The lowest BCUT2D eigenvalue weighted by atomic mass is 10.0. The number of carbonyl (C=O) groups excluding carboxylic acids is 2. The lowest BCUT2D eigenvalue weighted by Crippen LogP contribution is -2.47. The molecule has 0 aliphatic carbocycles. The third kappa shape index (κ3) is 58.9. The Morgan fingerprint density at radius 2 is 0.782 bits per heavy atom. The fraction of sp³-hybridized carbons (Fsp3) is 0.882. The fourth-order valence-corrected chi connectivity index (χ4v) is 10.8.